The van der Waals surface area contributed by atoms with Crippen molar-refractivity contribution in [2.75, 3.05) is 23.3 Å². The summed E-state index contributed by atoms with van der Waals surface area (Å²) in [5.41, 5.74) is 0.863. The Kier molecular flexibility index (Phi) is 3.94. The molecule has 0 spiro atoms. The highest BCUT2D eigenvalue weighted by molar-refractivity contribution is 5.85. The lowest BCUT2D eigenvalue weighted by atomic mass is 10.2. The van der Waals surface area contributed by atoms with Crippen LogP contribution in [0, 0.1) is 0 Å². The first-order valence-electron chi connectivity index (χ1n) is 6.97. The number of piperazine rings is 1. The van der Waals surface area contributed by atoms with Crippen LogP contribution in [0.3, 0.4) is 0 Å². The molecule has 4 rings (SSSR count). The Morgan fingerprint density at radius 2 is 2.05 bits per heavy atom. The van der Waals surface area contributed by atoms with Crippen LogP contribution in [0.1, 0.15) is 12.8 Å². The number of fused-ring (bicyclic) bond motifs is 2. The molecule has 0 unspecified atom stereocenters. The Bertz CT molecular complexity index is 576. The molecule has 2 saturated heterocycles. The summed E-state index contributed by atoms with van der Waals surface area (Å²) in [6.07, 6.45) is 7.83. The Labute approximate surface area is 129 Å². The second-order valence-corrected chi connectivity index (χ2v) is 5.39. The van der Waals surface area contributed by atoms with Crippen LogP contribution in [0.2, 0.25) is 0 Å². The first-order valence-corrected chi connectivity index (χ1v) is 6.97. The number of anilines is 3. The summed E-state index contributed by atoms with van der Waals surface area (Å²) in [5, 5.41) is 13.4. The Morgan fingerprint density at radius 1 is 1.24 bits per heavy atom. The third kappa shape index (κ3) is 2.93. The molecular formula is C13H18ClN7. The highest BCUT2D eigenvalue weighted by Gasteiger charge is 2.32. The number of hydrogen-bond donors (Lipinski definition) is 3. The summed E-state index contributed by atoms with van der Waals surface area (Å²) in [6.45, 7) is 2.05. The summed E-state index contributed by atoms with van der Waals surface area (Å²) in [5.74, 6) is 1.60. The first kappa shape index (κ1) is 14.1. The van der Waals surface area contributed by atoms with Gasteiger partial charge in [0.15, 0.2) is 0 Å². The minimum atomic E-state index is 0. The van der Waals surface area contributed by atoms with Crippen molar-refractivity contribution in [1.29, 1.82) is 0 Å². The van der Waals surface area contributed by atoms with E-state index in [4.69, 9.17) is 0 Å². The number of nitrogens with zero attached hydrogens (tertiary/aromatic N) is 4. The second kappa shape index (κ2) is 5.87. The van der Waals surface area contributed by atoms with Crippen LogP contribution in [0.25, 0.3) is 0 Å². The van der Waals surface area contributed by atoms with Crippen LogP contribution in [0.4, 0.5) is 17.5 Å². The van der Waals surface area contributed by atoms with E-state index >= 15 is 0 Å². The molecule has 0 amide bonds. The van der Waals surface area contributed by atoms with E-state index in [-0.39, 0.29) is 12.4 Å². The Hall–Kier alpha value is -1.86. The number of nitrogens with one attached hydrogen (secondary N) is 3. The predicted molar refractivity (Wildman–Crippen MR) is 83.3 cm³/mol. The van der Waals surface area contributed by atoms with Crippen molar-refractivity contribution < 1.29 is 0 Å². The summed E-state index contributed by atoms with van der Waals surface area (Å²) < 4.78 is 0. The van der Waals surface area contributed by atoms with Gasteiger partial charge in [0.1, 0.15) is 5.82 Å². The molecule has 0 radical (unpaired) electrons. The summed E-state index contributed by atoms with van der Waals surface area (Å²) >= 11 is 0. The molecule has 8 heteroatoms. The van der Waals surface area contributed by atoms with Crippen molar-refractivity contribution in [2.24, 2.45) is 0 Å². The lowest BCUT2D eigenvalue weighted by molar-refractivity contribution is 0.463. The predicted octanol–water partition coefficient (Wildman–Crippen LogP) is 1.31. The summed E-state index contributed by atoms with van der Waals surface area (Å²) in [7, 11) is 0. The minimum absolute atomic E-state index is 0. The number of halogens is 1. The zero-order chi connectivity index (χ0) is 13.4. The molecule has 2 aliphatic rings. The molecule has 2 fully saturated rings. The zero-order valence-electron chi connectivity index (χ0n) is 11.5. The highest BCUT2D eigenvalue weighted by Crippen LogP contribution is 2.24. The van der Waals surface area contributed by atoms with E-state index in [1.54, 1.807) is 18.6 Å². The third-order valence-electron chi connectivity index (χ3n) is 3.94. The van der Waals surface area contributed by atoms with Gasteiger partial charge in [0, 0.05) is 37.6 Å². The first-order chi connectivity index (χ1) is 9.87. The fourth-order valence-electron chi connectivity index (χ4n) is 3.02. The molecule has 2 aromatic heterocycles. The summed E-state index contributed by atoms with van der Waals surface area (Å²) in [4.78, 5) is 11.2. The SMILES string of the molecule is Cl.c1cc(N2C[C@H]3CC[C@@H](C2)N3)nc(Nc2cn[nH]c2)n1. The van der Waals surface area contributed by atoms with Crippen molar-refractivity contribution in [2.45, 2.75) is 24.9 Å². The maximum absolute atomic E-state index is 4.60. The molecule has 112 valence electrons. The average Bonchev–Trinajstić information content (AvgIpc) is 3.09. The van der Waals surface area contributed by atoms with Gasteiger partial charge in [0.2, 0.25) is 5.95 Å². The van der Waals surface area contributed by atoms with Gasteiger partial charge in [-0.15, -0.1) is 12.4 Å². The Morgan fingerprint density at radius 3 is 2.76 bits per heavy atom. The van der Waals surface area contributed by atoms with Gasteiger partial charge in [-0.3, -0.25) is 5.10 Å². The van der Waals surface area contributed by atoms with Gasteiger partial charge in [-0.05, 0) is 18.9 Å². The molecule has 4 heterocycles. The van der Waals surface area contributed by atoms with Crippen molar-refractivity contribution in [3.05, 3.63) is 24.7 Å². The number of H-pyrrole nitrogens is 1. The number of aromatic nitrogens is 4. The van der Waals surface area contributed by atoms with Gasteiger partial charge >= 0.3 is 0 Å². The van der Waals surface area contributed by atoms with Crippen molar-refractivity contribution in [1.82, 2.24) is 25.5 Å². The van der Waals surface area contributed by atoms with E-state index in [1.165, 1.54) is 12.8 Å². The standard InChI is InChI=1S/C13H17N7.ClH/c1-2-10-8-20(7-9(1)17-10)12-3-4-14-13(19-12)18-11-5-15-16-6-11;/h3-6,9-10,17H,1-2,7-8H2,(H,15,16)(H,14,18,19);1H/t9-,10+;. The van der Waals surface area contributed by atoms with Crippen molar-refractivity contribution in [3.63, 3.8) is 0 Å². The van der Waals surface area contributed by atoms with Crippen LogP contribution in [0.5, 0.6) is 0 Å². The molecule has 0 saturated carbocycles. The van der Waals surface area contributed by atoms with E-state index in [0.717, 1.165) is 24.6 Å². The van der Waals surface area contributed by atoms with Crippen LogP contribution in [0.15, 0.2) is 24.7 Å². The van der Waals surface area contributed by atoms with Gasteiger partial charge in [0.25, 0.3) is 0 Å². The van der Waals surface area contributed by atoms with E-state index in [1.807, 2.05) is 6.07 Å². The average molecular weight is 308 g/mol. The molecule has 7 nitrogen and oxygen atoms in total. The Balaban J connectivity index is 0.00000132. The van der Waals surface area contributed by atoms with Crippen molar-refractivity contribution >= 4 is 29.9 Å². The molecule has 2 atom stereocenters. The van der Waals surface area contributed by atoms with Gasteiger partial charge in [-0.1, -0.05) is 0 Å². The third-order valence-corrected chi connectivity index (χ3v) is 3.94. The smallest absolute Gasteiger partial charge is 0.229 e. The molecule has 2 aromatic rings. The molecule has 2 bridgehead atoms. The van der Waals surface area contributed by atoms with E-state index in [0.29, 0.717) is 18.0 Å². The number of hydrogen-bond acceptors (Lipinski definition) is 6. The number of rotatable bonds is 3. The molecule has 0 aromatic carbocycles. The van der Waals surface area contributed by atoms with E-state index in [9.17, 15) is 0 Å². The van der Waals surface area contributed by atoms with Crippen molar-refractivity contribution in [3.8, 4) is 0 Å². The molecule has 21 heavy (non-hydrogen) atoms. The lowest BCUT2D eigenvalue weighted by Crippen LogP contribution is -2.51. The van der Waals surface area contributed by atoms with Gasteiger partial charge in [-0.25, -0.2) is 4.98 Å². The highest BCUT2D eigenvalue weighted by atomic mass is 35.5. The largest absolute Gasteiger partial charge is 0.353 e. The van der Waals surface area contributed by atoms with Gasteiger partial charge in [0.05, 0.1) is 11.9 Å². The number of aromatic amines is 1. The van der Waals surface area contributed by atoms with Crippen LogP contribution in [-0.4, -0.2) is 45.3 Å². The normalized spacial score (nSPS) is 23.7. The molecule has 2 aliphatic heterocycles. The van der Waals surface area contributed by atoms with Crippen LogP contribution >= 0.6 is 12.4 Å². The van der Waals surface area contributed by atoms with Gasteiger partial charge < -0.3 is 15.5 Å². The maximum Gasteiger partial charge on any atom is 0.229 e. The lowest BCUT2D eigenvalue weighted by Gasteiger charge is -2.33. The maximum atomic E-state index is 4.60. The minimum Gasteiger partial charge on any atom is -0.353 e. The fourth-order valence-corrected chi connectivity index (χ4v) is 3.02. The van der Waals surface area contributed by atoms with E-state index < -0.39 is 0 Å². The monoisotopic (exact) mass is 307 g/mol. The fraction of sp³-hybridized carbons (Fsp3) is 0.462. The molecule has 0 aliphatic carbocycles. The quantitative estimate of drug-likeness (QED) is 0.793. The summed E-state index contributed by atoms with van der Waals surface area (Å²) in [6, 6.07) is 3.19. The topological polar surface area (TPSA) is 81.8 Å². The van der Waals surface area contributed by atoms with Gasteiger partial charge in [-0.2, -0.15) is 10.1 Å². The van der Waals surface area contributed by atoms with Crippen LogP contribution in [-0.2, 0) is 0 Å². The van der Waals surface area contributed by atoms with E-state index in [2.05, 4.69) is 35.7 Å². The van der Waals surface area contributed by atoms with Crippen LogP contribution < -0.4 is 15.5 Å². The second-order valence-electron chi connectivity index (χ2n) is 5.39. The molecule has 3 N–H and O–H groups in total. The molecular weight excluding hydrogens is 290 g/mol. The zero-order valence-corrected chi connectivity index (χ0v) is 12.3.